The highest BCUT2D eigenvalue weighted by Gasteiger charge is 2.30. The molecular weight excluding hydrogens is 453 g/mol. The van der Waals surface area contributed by atoms with Crippen LogP contribution >= 0.6 is 24.0 Å². The second kappa shape index (κ2) is 10.2. The van der Waals surface area contributed by atoms with E-state index in [-0.39, 0.29) is 30.5 Å². The Labute approximate surface area is 168 Å². The molecule has 0 atom stereocenters. The lowest BCUT2D eigenvalue weighted by atomic mass is 10.1. The molecule has 2 N–H and O–H groups in total. The van der Waals surface area contributed by atoms with Gasteiger partial charge in [0, 0.05) is 24.9 Å². The Kier molecular flexibility index (Phi) is 9.78. The molecule has 0 spiro atoms. The summed E-state index contributed by atoms with van der Waals surface area (Å²) in [5, 5.41) is 6.23. The lowest BCUT2D eigenvalue weighted by Crippen LogP contribution is -2.47. The summed E-state index contributed by atoms with van der Waals surface area (Å²) < 4.78 is 28.1. The van der Waals surface area contributed by atoms with Crippen LogP contribution in [0.25, 0.3) is 0 Å². The number of hydrogen-bond donors (Lipinski definition) is 2. The summed E-state index contributed by atoms with van der Waals surface area (Å²) in [5.74, 6) is 1.38. The van der Waals surface area contributed by atoms with Crippen molar-refractivity contribution in [2.45, 2.75) is 39.0 Å². The van der Waals surface area contributed by atoms with Crippen LogP contribution in [0.3, 0.4) is 0 Å². The molecule has 0 saturated carbocycles. The molecule has 0 aliphatic rings. The molecule has 25 heavy (non-hydrogen) atoms. The quantitative estimate of drug-likeness (QED) is 0.354. The number of nitrogens with zero attached hydrogens (tertiary/aromatic N) is 1. The van der Waals surface area contributed by atoms with Crippen molar-refractivity contribution in [1.29, 1.82) is 0 Å². The highest BCUT2D eigenvalue weighted by Crippen LogP contribution is 2.20. The van der Waals surface area contributed by atoms with Gasteiger partial charge < -0.3 is 15.4 Å². The summed E-state index contributed by atoms with van der Waals surface area (Å²) in [4.78, 5) is 4.53. The summed E-state index contributed by atoms with van der Waals surface area (Å²) in [6, 6.07) is 5.97. The van der Waals surface area contributed by atoms with Gasteiger partial charge in [-0.2, -0.15) is 0 Å². The van der Waals surface area contributed by atoms with Crippen LogP contribution in [0.4, 0.5) is 0 Å². The van der Waals surface area contributed by atoms with Gasteiger partial charge in [0.1, 0.15) is 5.75 Å². The van der Waals surface area contributed by atoms with Gasteiger partial charge in [0.25, 0.3) is 0 Å². The third-order valence-corrected chi connectivity index (χ3v) is 6.03. The van der Waals surface area contributed by atoms with E-state index in [1.807, 2.05) is 32.0 Å². The van der Waals surface area contributed by atoms with Gasteiger partial charge in [0.05, 0.1) is 18.4 Å². The van der Waals surface area contributed by atoms with Crippen LogP contribution in [-0.4, -0.2) is 45.6 Å². The van der Waals surface area contributed by atoms with Gasteiger partial charge in [-0.15, -0.1) is 24.0 Å². The zero-order chi connectivity index (χ0) is 18.4. The minimum Gasteiger partial charge on any atom is -0.496 e. The Morgan fingerprint density at radius 3 is 2.44 bits per heavy atom. The third kappa shape index (κ3) is 7.39. The number of aliphatic imine (C=N–C) groups is 1. The zero-order valence-corrected chi connectivity index (χ0v) is 19.0. The van der Waals surface area contributed by atoms with E-state index < -0.39 is 14.6 Å². The molecular formula is C17H30IN3O3S. The van der Waals surface area contributed by atoms with Crippen molar-refractivity contribution < 1.29 is 13.2 Å². The Morgan fingerprint density at radius 2 is 1.92 bits per heavy atom. The van der Waals surface area contributed by atoms with Gasteiger partial charge in [0.2, 0.25) is 0 Å². The summed E-state index contributed by atoms with van der Waals surface area (Å²) in [6.07, 6.45) is 1.25. The van der Waals surface area contributed by atoms with Gasteiger partial charge in [-0.1, -0.05) is 12.1 Å². The second-order valence-electron chi connectivity index (χ2n) is 6.40. The van der Waals surface area contributed by atoms with Crippen LogP contribution in [0.15, 0.2) is 23.2 Å². The number of ether oxygens (including phenoxy) is 1. The lowest BCUT2D eigenvalue weighted by molar-refractivity contribution is 0.409. The van der Waals surface area contributed by atoms with Crippen molar-refractivity contribution in [1.82, 2.24) is 10.6 Å². The largest absolute Gasteiger partial charge is 0.496 e. The van der Waals surface area contributed by atoms with E-state index >= 15 is 0 Å². The molecule has 0 unspecified atom stereocenters. The summed E-state index contributed by atoms with van der Waals surface area (Å²) in [5.41, 5.74) is 2.10. The monoisotopic (exact) mass is 483 g/mol. The van der Waals surface area contributed by atoms with E-state index in [9.17, 15) is 8.42 Å². The average molecular weight is 483 g/mol. The third-order valence-electron chi connectivity index (χ3n) is 3.88. The fourth-order valence-electron chi connectivity index (χ4n) is 1.92. The first kappa shape index (κ1) is 24.0. The van der Waals surface area contributed by atoms with Crippen LogP contribution in [0.1, 0.15) is 31.9 Å². The number of hydrogen-bond acceptors (Lipinski definition) is 4. The molecule has 0 radical (unpaired) electrons. The van der Waals surface area contributed by atoms with Crippen molar-refractivity contribution in [3.63, 3.8) is 0 Å². The van der Waals surface area contributed by atoms with E-state index in [1.165, 1.54) is 6.26 Å². The lowest BCUT2D eigenvalue weighted by Gasteiger charge is -2.24. The Balaban J connectivity index is 0.00000576. The first-order valence-corrected chi connectivity index (χ1v) is 9.85. The Hall–Kier alpha value is -1.03. The number of sulfone groups is 1. The molecule has 0 aliphatic heterocycles. The number of rotatable bonds is 7. The van der Waals surface area contributed by atoms with Gasteiger partial charge in [-0.25, -0.2) is 13.4 Å². The predicted octanol–water partition coefficient (Wildman–Crippen LogP) is 2.50. The van der Waals surface area contributed by atoms with Crippen molar-refractivity contribution in [2.75, 3.05) is 26.5 Å². The Morgan fingerprint density at radius 1 is 1.28 bits per heavy atom. The second-order valence-corrected chi connectivity index (χ2v) is 9.05. The van der Waals surface area contributed by atoms with Crippen molar-refractivity contribution in [3.8, 4) is 5.75 Å². The maximum atomic E-state index is 11.8. The number of halogens is 1. The molecule has 1 aromatic rings. The SMILES string of the molecule is CCNC(=NCc1ccc(C)cc1OC)NCC(C)(C)S(C)(=O)=O.I. The molecule has 0 amide bonds. The first-order valence-electron chi connectivity index (χ1n) is 7.96. The van der Waals surface area contributed by atoms with E-state index in [4.69, 9.17) is 4.74 Å². The molecule has 0 saturated heterocycles. The Bertz CT molecular complexity index is 688. The predicted molar refractivity (Wildman–Crippen MR) is 115 cm³/mol. The molecule has 6 nitrogen and oxygen atoms in total. The zero-order valence-electron chi connectivity index (χ0n) is 15.8. The van der Waals surface area contributed by atoms with Crippen LogP contribution in [0.2, 0.25) is 0 Å². The van der Waals surface area contributed by atoms with Gasteiger partial charge in [0.15, 0.2) is 15.8 Å². The van der Waals surface area contributed by atoms with Gasteiger partial charge in [-0.05, 0) is 39.3 Å². The molecule has 0 heterocycles. The number of nitrogens with one attached hydrogen (secondary N) is 2. The van der Waals surface area contributed by atoms with Gasteiger partial charge >= 0.3 is 0 Å². The smallest absolute Gasteiger partial charge is 0.191 e. The van der Waals surface area contributed by atoms with Crippen LogP contribution < -0.4 is 15.4 Å². The molecule has 0 bridgehead atoms. The summed E-state index contributed by atoms with van der Waals surface area (Å²) in [7, 11) is -1.52. The summed E-state index contributed by atoms with van der Waals surface area (Å²) >= 11 is 0. The average Bonchev–Trinajstić information content (AvgIpc) is 2.49. The van der Waals surface area contributed by atoms with Crippen molar-refractivity contribution in [3.05, 3.63) is 29.3 Å². The van der Waals surface area contributed by atoms with Crippen LogP contribution in [0, 0.1) is 6.92 Å². The molecule has 0 aromatic heterocycles. The number of aryl methyl sites for hydroxylation is 1. The highest BCUT2D eigenvalue weighted by molar-refractivity contribution is 14.0. The molecule has 8 heteroatoms. The standard InChI is InChI=1S/C17H29N3O3S.HI/c1-7-18-16(20-12-17(3,4)24(6,21)22)19-11-14-9-8-13(2)10-15(14)23-5;/h8-10H,7,11-12H2,1-6H3,(H2,18,19,20);1H. The molecule has 0 aliphatic carbocycles. The van der Waals surface area contributed by atoms with E-state index in [0.717, 1.165) is 16.9 Å². The molecule has 0 fully saturated rings. The highest BCUT2D eigenvalue weighted by atomic mass is 127. The summed E-state index contributed by atoms with van der Waals surface area (Å²) in [6.45, 7) is 8.78. The first-order chi connectivity index (χ1) is 11.1. The molecule has 144 valence electrons. The number of methoxy groups -OCH3 is 1. The minimum atomic E-state index is -3.16. The van der Waals surface area contributed by atoms with E-state index in [2.05, 4.69) is 15.6 Å². The maximum Gasteiger partial charge on any atom is 0.191 e. The van der Waals surface area contributed by atoms with E-state index in [1.54, 1.807) is 21.0 Å². The maximum absolute atomic E-state index is 11.8. The van der Waals surface area contributed by atoms with Crippen molar-refractivity contribution in [2.24, 2.45) is 4.99 Å². The minimum absolute atomic E-state index is 0. The van der Waals surface area contributed by atoms with Crippen molar-refractivity contribution >= 4 is 39.8 Å². The van der Waals surface area contributed by atoms with Gasteiger partial charge in [-0.3, -0.25) is 0 Å². The fraction of sp³-hybridized carbons (Fsp3) is 0.588. The molecule has 1 rings (SSSR count). The van der Waals surface area contributed by atoms with E-state index in [0.29, 0.717) is 19.0 Å². The van der Waals surface area contributed by atoms with Crippen LogP contribution in [0.5, 0.6) is 5.75 Å². The topological polar surface area (TPSA) is 79.8 Å². The molecule has 1 aromatic carbocycles. The van der Waals surface area contributed by atoms with Crippen LogP contribution in [-0.2, 0) is 16.4 Å². The number of guanidine groups is 1. The fourth-order valence-corrected chi connectivity index (χ4v) is 2.25. The normalized spacial score (nSPS) is 12.3. The number of benzene rings is 1.